The smallest absolute Gasteiger partial charge is 0.347 e. The maximum absolute atomic E-state index is 11.7. The molecule has 5 heteroatoms. The molecule has 0 saturated heterocycles. The highest BCUT2D eigenvalue weighted by Gasteiger charge is 2.23. The van der Waals surface area contributed by atoms with E-state index in [9.17, 15) is 4.79 Å². The molecule has 0 radical (unpaired) electrons. The number of halogens is 1. The molecule has 0 amide bonds. The van der Waals surface area contributed by atoms with Crippen LogP contribution in [-0.2, 0) is 16.1 Å². The van der Waals surface area contributed by atoms with Crippen LogP contribution in [0.1, 0.15) is 37.8 Å². The van der Waals surface area contributed by atoms with E-state index in [-0.39, 0.29) is 5.97 Å². The van der Waals surface area contributed by atoms with Crippen molar-refractivity contribution in [3.8, 4) is 5.75 Å². The van der Waals surface area contributed by atoms with Gasteiger partial charge < -0.3 is 14.8 Å². The second kappa shape index (κ2) is 7.27. The molecule has 1 unspecified atom stereocenters. The monoisotopic (exact) mass is 355 g/mol. The van der Waals surface area contributed by atoms with E-state index in [1.807, 2.05) is 19.1 Å². The predicted octanol–water partition coefficient (Wildman–Crippen LogP) is 3.34. The summed E-state index contributed by atoms with van der Waals surface area (Å²) < 4.78 is 11.9. The van der Waals surface area contributed by atoms with Crippen molar-refractivity contribution < 1.29 is 14.3 Å². The van der Waals surface area contributed by atoms with E-state index in [2.05, 4.69) is 21.2 Å². The number of esters is 1. The molecule has 0 spiro atoms. The summed E-state index contributed by atoms with van der Waals surface area (Å²) in [6.07, 6.45) is 1.87. The summed E-state index contributed by atoms with van der Waals surface area (Å²) in [5, 5.41) is 3.48. The Bertz CT molecular complexity index is 514. The van der Waals surface area contributed by atoms with Crippen LogP contribution in [0, 0.1) is 6.92 Å². The van der Waals surface area contributed by atoms with Gasteiger partial charge in [-0.2, -0.15) is 0 Å². The highest BCUT2D eigenvalue weighted by molar-refractivity contribution is 9.10. The highest BCUT2D eigenvalue weighted by Crippen LogP contribution is 2.30. The Balaban J connectivity index is 2.13. The molecule has 0 bridgehead atoms. The number of ether oxygens (including phenoxy) is 2. The summed E-state index contributed by atoms with van der Waals surface area (Å²) in [6, 6.07) is 4.66. The van der Waals surface area contributed by atoms with Crippen LogP contribution in [0.4, 0.5) is 0 Å². The predicted molar refractivity (Wildman–Crippen MR) is 85.5 cm³/mol. The first-order valence-corrected chi connectivity index (χ1v) is 8.16. The third-order valence-corrected chi connectivity index (χ3v) is 3.85. The van der Waals surface area contributed by atoms with Gasteiger partial charge in [0.1, 0.15) is 5.75 Å². The highest BCUT2D eigenvalue weighted by atomic mass is 79.9. The van der Waals surface area contributed by atoms with Crippen LogP contribution in [0.3, 0.4) is 0 Å². The van der Waals surface area contributed by atoms with Crippen molar-refractivity contribution in [3.05, 3.63) is 27.7 Å². The second-order valence-corrected chi connectivity index (χ2v) is 6.29. The third kappa shape index (κ3) is 4.71. The van der Waals surface area contributed by atoms with Gasteiger partial charge in [0.15, 0.2) is 6.10 Å². The van der Waals surface area contributed by atoms with Crippen LogP contribution in [0.15, 0.2) is 16.6 Å². The fourth-order valence-corrected chi connectivity index (χ4v) is 2.75. The van der Waals surface area contributed by atoms with Crippen molar-refractivity contribution in [3.63, 3.8) is 0 Å². The normalized spacial score (nSPS) is 15.6. The minimum atomic E-state index is -0.607. The summed E-state index contributed by atoms with van der Waals surface area (Å²) in [4.78, 5) is 11.7. The summed E-state index contributed by atoms with van der Waals surface area (Å²) >= 11 is 3.51. The zero-order valence-electron chi connectivity index (χ0n) is 12.7. The maximum Gasteiger partial charge on any atom is 0.347 e. The first-order chi connectivity index (χ1) is 10.0. The summed E-state index contributed by atoms with van der Waals surface area (Å²) in [7, 11) is 0. The van der Waals surface area contributed by atoms with Gasteiger partial charge in [0.2, 0.25) is 0 Å². The SMILES string of the molecule is CCOC(=O)C(C)Oc1c(C)cc(Br)cc1CNC1CC1. The zero-order valence-corrected chi connectivity index (χ0v) is 14.3. The molecular formula is C16H22BrNO3. The zero-order chi connectivity index (χ0) is 15.4. The lowest BCUT2D eigenvalue weighted by Gasteiger charge is -2.19. The fourth-order valence-electron chi connectivity index (χ4n) is 2.13. The van der Waals surface area contributed by atoms with E-state index < -0.39 is 6.10 Å². The van der Waals surface area contributed by atoms with Crippen molar-refractivity contribution in [1.82, 2.24) is 5.32 Å². The number of carbonyl (C=O) groups excluding carboxylic acids is 1. The van der Waals surface area contributed by atoms with Crippen LogP contribution in [-0.4, -0.2) is 24.7 Å². The molecule has 0 heterocycles. The van der Waals surface area contributed by atoms with Crippen molar-refractivity contribution in [2.75, 3.05) is 6.61 Å². The van der Waals surface area contributed by atoms with E-state index >= 15 is 0 Å². The average Bonchev–Trinajstić information content (AvgIpc) is 3.24. The molecule has 4 nitrogen and oxygen atoms in total. The van der Waals surface area contributed by atoms with Crippen molar-refractivity contribution >= 4 is 21.9 Å². The van der Waals surface area contributed by atoms with E-state index in [1.165, 1.54) is 12.8 Å². The quantitative estimate of drug-likeness (QED) is 0.762. The van der Waals surface area contributed by atoms with Gasteiger partial charge in [0, 0.05) is 22.6 Å². The minimum absolute atomic E-state index is 0.332. The minimum Gasteiger partial charge on any atom is -0.478 e. The largest absolute Gasteiger partial charge is 0.478 e. The van der Waals surface area contributed by atoms with Gasteiger partial charge in [0.25, 0.3) is 0 Å². The van der Waals surface area contributed by atoms with Gasteiger partial charge in [0.05, 0.1) is 6.61 Å². The van der Waals surface area contributed by atoms with Gasteiger partial charge in [-0.25, -0.2) is 4.79 Å². The Kier molecular flexibility index (Phi) is 5.65. The molecule has 1 atom stereocenters. The molecule has 1 aliphatic carbocycles. The lowest BCUT2D eigenvalue weighted by atomic mass is 10.1. The number of benzene rings is 1. The van der Waals surface area contributed by atoms with E-state index in [4.69, 9.17) is 9.47 Å². The summed E-state index contributed by atoms with van der Waals surface area (Å²) in [5.41, 5.74) is 2.07. The molecule has 21 heavy (non-hydrogen) atoms. The Morgan fingerprint density at radius 2 is 2.19 bits per heavy atom. The standard InChI is InChI=1S/C16H22BrNO3/c1-4-20-16(19)11(3)21-15-10(2)7-13(17)8-12(15)9-18-14-5-6-14/h7-8,11,14,18H,4-6,9H2,1-3H3. The van der Waals surface area contributed by atoms with Gasteiger partial charge in [-0.1, -0.05) is 15.9 Å². The number of rotatable bonds is 7. The van der Waals surface area contributed by atoms with Gasteiger partial charge in [-0.15, -0.1) is 0 Å². The number of carbonyl (C=O) groups is 1. The molecule has 0 aromatic heterocycles. The molecular weight excluding hydrogens is 334 g/mol. The molecule has 2 rings (SSSR count). The fraction of sp³-hybridized carbons (Fsp3) is 0.562. The number of hydrogen-bond donors (Lipinski definition) is 1. The number of nitrogens with one attached hydrogen (secondary N) is 1. The Morgan fingerprint density at radius 1 is 1.48 bits per heavy atom. The lowest BCUT2D eigenvalue weighted by molar-refractivity contribution is -0.150. The molecule has 116 valence electrons. The van der Waals surface area contributed by atoms with Crippen LogP contribution < -0.4 is 10.1 Å². The van der Waals surface area contributed by atoms with E-state index in [1.54, 1.807) is 13.8 Å². The molecule has 1 fully saturated rings. The van der Waals surface area contributed by atoms with E-state index in [0.29, 0.717) is 12.6 Å². The first-order valence-electron chi connectivity index (χ1n) is 7.37. The lowest BCUT2D eigenvalue weighted by Crippen LogP contribution is -2.27. The van der Waals surface area contributed by atoms with Crippen LogP contribution in [0.2, 0.25) is 0 Å². The summed E-state index contributed by atoms with van der Waals surface area (Å²) in [5.74, 6) is 0.438. The van der Waals surface area contributed by atoms with Crippen LogP contribution in [0.5, 0.6) is 5.75 Å². The van der Waals surface area contributed by atoms with Gasteiger partial charge >= 0.3 is 5.97 Å². The van der Waals surface area contributed by atoms with Crippen LogP contribution in [0.25, 0.3) is 0 Å². The number of hydrogen-bond acceptors (Lipinski definition) is 4. The molecule has 1 aromatic rings. The molecule has 1 aromatic carbocycles. The van der Waals surface area contributed by atoms with Crippen molar-refractivity contribution in [2.24, 2.45) is 0 Å². The Morgan fingerprint density at radius 3 is 2.81 bits per heavy atom. The molecule has 1 saturated carbocycles. The van der Waals surface area contributed by atoms with Gasteiger partial charge in [-0.05, 0) is 51.3 Å². The molecule has 1 aliphatic rings. The maximum atomic E-state index is 11.7. The number of aryl methyl sites for hydroxylation is 1. The van der Waals surface area contributed by atoms with Crippen molar-refractivity contribution in [1.29, 1.82) is 0 Å². The van der Waals surface area contributed by atoms with Crippen molar-refractivity contribution in [2.45, 2.75) is 52.3 Å². The van der Waals surface area contributed by atoms with E-state index in [0.717, 1.165) is 27.9 Å². The van der Waals surface area contributed by atoms with Gasteiger partial charge in [-0.3, -0.25) is 0 Å². The average molecular weight is 356 g/mol. The topological polar surface area (TPSA) is 47.6 Å². The Labute approximate surface area is 134 Å². The molecule has 1 N–H and O–H groups in total. The Hall–Kier alpha value is -1.07. The van der Waals surface area contributed by atoms with Crippen LogP contribution >= 0.6 is 15.9 Å². The summed E-state index contributed by atoms with van der Waals surface area (Å²) in [6.45, 7) is 6.61. The third-order valence-electron chi connectivity index (χ3n) is 3.39. The second-order valence-electron chi connectivity index (χ2n) is 5.38. The first kappa shape index (κ1) is 16.3. The molecule has 0 aliphatic heterocycles.